The molecule has 0 saturated heterocycles. The molecule has 0 unspecified atom stereocenters. The first-order chi connectivity index (χ1) is 14.7. The molecule has 162 valence electrons. The number of hydrogen-bond donors (Lipinski definition) is 0. The monoisotopic (exact) mass is 437 g/mol. The number of hydrogen-bond acceptors (Lipinski definition) is 3. The van der Waals surface area contributed by atoms with Crippen LogP contribution in [0.5, 0.6) is 5.75 Å². The van der Waals surface area contributed by atoms with Gasteiger partial charge in [0.05, 0.1) is 7.11 Å². The molecule has 0 N–H and O–H groups in total. The lowest BCUT2D eigenvalue weighted by Crippen LogP contribution is -2.34. The molecule has 0 aliphatic carbocycles. The van der Waals surface area contributed by atoms with Gasteiger partial charge < -0.3 is 9.47 Å². The number of carbonyl (C=O) groups is 1. The van der Waals surface area contributed by atoms with Crippen molar-refractivity contribution in [1.82, 2.24) is 0 Å². The first-order valence-electron chi connectivity index (χ1n) is 10.1. The van der Waals surface area contributed by atoms with Crippen LogP contribution in [0.2, 0.25) is 5.02 Å². The Hall–Kier alpha value is -2.98. The SMILES string of the molecule is COc1ccc(Cc2ccc(N(C)C(=O)OC(C)(C)C)cc2)cc1-c1cccc(Cl)c1. The van der Waals surface area contributed by atoms with Crippen molar-refractivity contribution in [1.29, 1.82) is 0 Å². The van der Waals surface area contributed by atoms with Crippen molar-refractivity contribution in [3.05, 3.63) is 82.9 Å². The Labute approximate surface area is 189 Å². The highest BCUT2D eigenvalue weighted by molar-refractivity contribution is 6.30. The van der Waals surface area contributed by atoms with Gasteiger partial charge in [-0.25, -0.2) is 4.79 Å². The van der Waals surface area contributed by atoms with Gasteiger partial charge in [0.25, 0.3) is 0 Å². The largest absolute Gasteiger partial charge is 0.496 e. The van der Waals surface area contributed by atoms with Crippen LogP contribution in [-0.2, 0) is 11.2 Å². The third-order valence-corrected chi connectivity index (χ3v) is 5.03. The first-order valence-corrected chi connectivity index (χ1v) is 10.5. The standard InChI is InChI=1S/C26H28ClNO3/c1-26(2,3)31-25(29)28(4)22-12-9-18(10-13-22)15-19-11-14-24(30-5)23(16-19)20-7-6-8-21(27)17-20/h6-14,16-17H,15H2,1-5H3. The van der Waals surface area contributed by atoms with Gasteiger partial charge in [-0.05, 0) is 80.3 Å². The molecule has 4 nitrogen and oxygen atoms in total. The molecule has 0 spiro atoms. The summed E-state index contributed by atoms with van der Waals surface area (Å²) in [5.74, 6) is 0.806. The van der Waals surface area contributed by atoms with E-state index in [4.69, 9.17) is 21.1 Å². The van der Waals surface area contributed by atoms with Crippen molar-refractivity contribution in [2.75, 3.05) is 19.1 Å². The average molecular weight is 438 g/mol. The molecule has 0 atom stereocenters. The number of ether oxygens (including phenoxy) is 2. The highest BCUT2D eigenvalue weighted by atomic mass is 35.5. The summed E-state index contributed by atoms with van der Waals surface area (Å²) in [5, 5.41) is 0.689. The molecule has 0 heterocycles. The molecule has 31 heavy (non-hydrogen) atoms. The molecule has 0 aliphatic heterocycles. The van der Waals surface area contributed by atoms with E-state index >= 15 is 0 Å². The maximum Gasteiger partial charge on any atom is 0.414 e. The van der Waals surface area contributed by atoms with Gasteiger partial charge >= 0.3 is 6.09 Å². The van der Waals surface area contributed by atoms with E-state index in [9.17, 15) is 4.79 Å². The number of nitrogens with zero attached hydrogens (tertiary/aromatic N) is 1. The van der Waals surface area contributed by atoms with Crippen molar-refractivity contribution >= 4 is 23.4 Å². The summed E-state index contributed by atoms with van der Waals surface area (Å²) in [7, 11) is 3.38. The van der Waals surface area contributed by atoms with Crippen LogP contribution in [-0.4, -0.2) is 25.9 Å². The van der Waals surface area contributed by atoms with Crippen LogP contribution >= 0.6 is 11.6 Å². The zero-order valence-corrected chi connectivity index (χ0v) is 19.4. The Bertz CT molecular complexity index is 1050. The average Bonchev–Trinajstić information content (AvgIpc) is 2.72. The van der Waals surface area contributed by atoms with Gasteiger partial charge in [-0.3, -0.25) is 4.90 Å². The van der Waals surface area contributed by atoms with Gasteiger partial charge in [0, 0.05) is 23.3 Å². The summed E-state index contributed by atoms with van der Waals surface area (Å²) < 4.78 is 11.0. The topological polar surface area (TPSA) is 38.8 Å². The quantitative estimate of drug-likeness (QED) is 0.432. The fraction of sp³-hybridized carbons (Fsp3) is 0.269. The maximum atomic E-state index is 12.3. The second kappa shape index (κ2) is 9.44. The lowest BCUT2D eigenvalue weighted by Gasteiger charge is -2.24. The molecule has 0 fully saturated rings. The summed E-state index contributed by atoms with van der Waals surface area (Å²) in [5.41, 5.74) is 4.57. The van der Waals surface area contributed by atoms with E-state index in [0.717, 1.165) is 40.1 Å². The first kappa shape index (κ1) is 22.7. The number of anilines is 1. The number of halogens is 1. The van der Waals surface area contributed by atoms with Crippen molar-refractivity contribution in [2.24, 2.45) is 0 Å². The molecule has 0 aliphatic rings. The number of carbonyl (C=O) groups excluding carboxylic acids is 1. The predicted molar refractivity (Wildman–Crippen MR) is 127 cm³/mol. The van der Waals surface area contributed by atoms with Crippen LogP contribution in [0.3, 0.4) is 0 Å². The number of methoxy groups -OCH3 is 1. The third kappa shape index (κ3) is 6.02. The van der Waals surface area contributed by atoms with E-state index in [0.29, 0.717) is 5.02 Å². The minimum Gasteiger partial charge on any atom is -0.496 e. The molecule has 0 aromatic heterocycles. The van der Waals surface area contributed by atoms with E-state index < -0.39 is 5.60 Å². The zero-order valence-electron chi connectivity index (χ0n) is 18.6. The second-order valence-electron chi connectivity index (χ2n) is 8.43. The van der Waals surface area contributed by atoms with Crippen molar-refractivity contribution in [3.8, 4) is 16.9 Å². The minimum atomic E-state index is -0.527. The predicted octanol–water partition coefficient (Wildman–Crippen LogP) is 6.98. The van der Waals surface area contributed by atoms with E-state index in [-0.39, 0.29) is 6.09 Å². The van der Waals surface area contributed by atoms with E-state index in [2.05, 4.69) is 12.1 Å². The lowest BCUT2D eigenvalue weighted by molar-refractivity contribution is 0.0589. The summed E-state index contributed by atoms with van der Waals surface area (Å²) >= 11 is 6.18. The van der Waals surface area contributed by atoms with Crippen molar-refractivity contribution in [2.45, 2.75) is 32.8 Å². The smallest absolute Gasteiger partial charge is 0.414 e. The summed E-state index contributed by atoms with van der Waals surface area (Å²) in [4.78, 5) is 13.8. The Morgan fingerprint density at radius 3 is 2.26 bits per heavy atom. The highest BCUT2D eigenvalue weighted by Crippen LogP contribution is 2.33. The van der Waals surface area contributed by atoms with Gasteiger partial charge in [0.15, 0.2) is 0 Å². The van der Waals surface area contributed by atoms with E-state index in [1.807, 2.05) is 75.4 Å². The lowest BCUT2D eigenvalue weighted by atomic mass is 9.98. The van der Waals surface area contributed by atoms with E-state index in [1.54, 1.807) is 14.2 Å². The fourth-order valence-electron chi connectivity index (χ4n) is 3.26. The van der Waals surface area contributed by atoms with Crippen molar-refractivity contribution in [3.63, 3.8) is 0 Å². The second-order valence-corrected chi connectivity index (χ2v) is 8.86. The Balaban J connectivity index is 1.79. The van der Waals surface area contributed by atoms with Crippen LogP contribution in [0, 0.1) is 0 Å². The third-order valence-electron chi connectivity index (χ3n) is 4.80. The molecule has 0 saturated carbocycles. The summed E-state index contributed by atoms with van der Waals surface area (Å²) in [6.07, 6.45) is 0.384. The number of amides is 1. The molecule has 0 radical (unpaired) electrons. The highest BCUT2D eigenvalue weighted by Gasteiger charge is 2.20. The zero-order chi connectivity index (χ0) is 22.6. The van der Waals surface area contributed by atoms with Crippen LogP contribution in [0.1, 0.15) is 31.9 Å². The number of benzene rings is 3. The Kier molecular flexibility index (Phi) is 6.91. The number of rotatable bonds is 5. The molecular weight excluding hydrogens is 410 g/mol. The molecular formula is C26H28ClNO3. The van der Waals surface area contributed by atoms with Gasteiger partial charge in [-0.1, -0.05) is 41.9 Å². The normalized spacial score (nSPS) is 11.2. The maximum absolute atomic E-state index is 12.3. The summed E-state index contributed by atoms with van der Waals surface area (Å²) in [6, 6.07) is 21.8. The van der Waals surface area contributed by atoms with Crippen LogP contribution in [0.15, 0.2) is 66.7 Å². The van der Waals surface area contributed by atoms with Crippen LogP contribution in [0.25, 0.3) is 11.1 Å². The Morgan fingerprint density at radius 1 is 0.968 bits per heavy atom. The van der Waals surface area contributed by atoms with Crippen molar-refractivity contribution < 1.29 is 14.3 Å². The summed E-state index contributed by atoms with van der Waals surface area (Å²) in [6.45, 7) is 5.57. The van der Waals surface area contributed by atoms with Gasteiger partial charge in [-0.2, -0.15) is 0 Å². The van der Waals surface area contributed by atoms with Crippen LogP contribution in [0.4, 0.5) is 10.5 Å². The minimum absolute atomic E-state index is 0.374. The van der Waals surface area contributed by atoms with Gasteiger partial charge in [0.2, 0.25) is 0 Å². The molecule has 3 rings (SSSR count). The molecule has 0 bridgehead atoms. The molecule has 3 aromatic carbocycles. The van der Waals surface area contributed by atoms with E-state index in [1.165, 1.54) is 4.90 Å². The van der Waals surface area contributed by atoms with Crippen LogP contribution < -0.4 is 9.64 Å². The van der Waals surface area contributed by atoms with Gasteiger partial charge in [0.1, 0.15) is 11.4 Å². The Morgan fingerprint density at radius 2 is 1.65 bits per heavy atom. The fourth-order valence-corrected chi connectivity index (χ4v) is 3.45. The molecule has 1 amide bonds. The molecule has 5 heteroatoms. The van der Waals surface area contributed by atoms with Gasteiger partial charge in [-0.15, -0.1) is 0 Å². The molecule has 3 aromatic rings.